The summed E-state index contributed by atoms with van der Waals surface area (Å²) in [6, 6.07) is 0. The summed E-state index contributed by atoms with van der Waals surface area (Å²) in [7, 11) is 0. The zero-order chi connectivity index (χ0) is 84.8. The summed E-state index contributed by atoms with van der Waals surface area (Å²) in [5.74, 6) is 3.27. The van der Waals surface area contributed by atoms with Gasteiger partial charge in [0.05, 0.1) is 24.4 Å². The molecule has 4 aliphatic heterocycles. The lowest BCUT2D eigenvalue weighted by Gasteiger charge is -2.62. The van der Waals surface area contributed by atoms with Crippen LogP contribution in [-0.4, -0.2) is 158 Å². The van der Waals surface area contributed by atoms with Gasteiger partial charge in [-0.05, 0) is 205 Å². The van der Waals surface area contributed by atoms with Crippen LogP contribution in [-0.2, 0) is 52.3 Å². The lowest BCUT2D eigenvalue weighted by Crippen LogP contribution is -2.66. The van der Waals surface area contributed by atoms with Crippen molar-refractivity contribution in [3.05, 3.63) is 95.2 Å². The first-order chi connectivity index (χ1) is 55.5. The van der Waals surface area contributed by atoms with Crippen LogP contribution in [0.4, 0.5) is 0 Å². The molecular weight excluding hydrogens is 1540 g/mol. The Kier molecular flexibility index (Phi) is 30.6. The molecule has 0 bridgehead atoms. The molecule has 0 aromatic heterocycles. The summed E-state index contributed by atoms with van der Waals surface area (Å²) in [5.41, 5.74) is -0.374. The summed E-state index contributed by atoms with van der Waals surface area (Å²) in [6.45, 7) is 41.9. The molecule has 18 heteroatoms. The van der Waals surface area contributed by atoms with Crippen LogP contribution in [0.25, 0.3) is 0 Å². The van der Waals surface area contributed by atoms with E-state index in [0.717, 1.165) is 89.9 Å². The monoisotopic (exact) mass is 1710 g/mol. The normalized spacial score (nSPS) is 50.5. The Labute approximate surface area is 737 Å². The molecule has 0 aromatic rings. The van der Waals surface area contributed by atoms with E-state index in [1.807, 2.05) is 61.5 Å². The minimum atomic E-state index is -1.51. The summed E-state index contributed by atoms with van der Waals surface area (Å²) in [6.07, 6.45) is 41.1. The first-order valence-electron chi connectivity index (χ1n) is 46.4. The standard InChI is InChI=1S/C24H32O6.C24H34O5.C23H34O3.C22H32O4.3C2H6.5CH4/c1-14-8-16-17-5-7-23(24(30-13-28-23)11-27-12-29-24)22(17,3)10-19(26)20(16)21(2)6-4-15(25)9-18(14)21;1-15-10-16-18-7-9-23(24(29-14-27-23)12-26-13-28-24)22(18,3)11-19(25)20(16)21(2)8-5-4-6-17(15)21;1-5-19(25)23(26)11-9-17-15-12-14(2)16-8-6-7-10-21(16,3)20(15)18(24)13-22(17,23)4;1-13-10-14-16-7-9-22(26,18(25)12-23)21(16,3)11-17(24)19(14)20(2)8-5-4-6-15(13)20;3*1-2;;;;;/h4,6,9,14,16-17,19-20,26H,5,7-8,10-13H2,1-3H3;5-6,8,15-16,18-20,25H,4,7,9-14H2,1-3H3;7-8,10,14-15,17-18,20,24,26H,5-6,9,11-13H2,1-4H3;5-6,8,13-14,16-17,19,23-24,26H,4,7,9-12H2,1-3H3;3*1-2H3;5*1H4/t14-,16-,17-,19-,20+,21-,22-,23+,24?;15-,16-,18-,19-,20+,21-,22-,23+,24?;14-,15-,17-,18-,20+,21-,22-,23-;13-,14-,16-,17-,19+,20-,21-,22-;;;;;;;;/m0000......../s1. The first-order valence-corrected chi connectivity index (χ1v) is 46.4. The summed E-state index contributed by atoms with van der Waals surface area (Å²) < 4.78 is 48.3. The molecular formula is C104H170O18. The molecule has 16 fully saturated rings. The molecule has 20 rings (SSSR count). The van der Waals surface area contributed by atoms with Crippen molar-refractivity contribution >= 4 is 17.3 Å². The van der Waals surface area contributed by atoms with Crippen LogP contribution in [0.1, 0.15) is 297 Å². The van der Waals surface area contributed by atoms with Crippen LogP contribution in [0, 0.1) is 138 Å². The second kappa shape index (κ2) is 36.6. The highest BCUT2D eigenvalue weighted by Crippen LogP contribution is 2.76. The molecule has 0 radical (unpaired) electrons. The van der Waals surface area contributed by atoms with E-state index in [2.05, 4.69) is 137 Å². The average Bonchev–Trinajstić information content (AvgIpc) is 1.50. The van der Waals surface area contributed by atoms with Gasteiger partial charge in [0.1, 0.15) is 42.2 Å². The molecule has 16 aliphatic carbocycles. The number of aliphatic hydroxyl groups excluding tert-OH is 5. The Bertz CT molecular complexity index is 3840. The largest absolute Gasteiger partial charge is 0.393 e. The molecule has 4 saturated heterocycles. The number of hydrogen-bond acceptors (Lipinski definition) is 18. The fourth-order valence-corrected chi connectivity index (χ4v) is 32.8. The molecule has 2 unspecified atom stereocenters. The van der Waals surface area contributed by atoms with E-state index in [1.165, 1.54) is 16.7 Å². The number of rotatable bonds is 4. The number of hydrogen-bond donors (Lipinski definition) is 7. The molecule has 122 heavy (non-hydrogen) atoms. The Morgan fingerprint density at radius 2 is 0.705 bits per heavy atom. The predicted molar refractivity (Wildman–Crippen MR) is 483 cm³/mol. The molecule has 7 N–H and O–H groups in total. The first kappa shape index (κ1) is 102. The van der Waals surface area contributed by atoms with E-state index in [9.17, 15) is 50.1 Å². The van der Waals surface area contributed by atoms with Gasteiger partial charge in [0.15, 0.2) is 44.5 Å². The second-order valence-electron chi connectivity index (χ2n) is 41.3. The smallest absolute Gasteiger partial charge is 0.226 e. The van der Waals surface area contributed by atoms with Crippen LogP contribution in [0.2, 0.25) is 0 Å². The van der Waals surface area contributed by atoms with Crippen LogP contribution >= 0.6 is 0 Å². The van der Waals surface area contributed by atoms with Gasteiger partial charge in [-0.15, -0.1) is 0 Å². The Hall–Kier alpha value is -3.67. The highest BCUT2D eigenvalue weighted by molar-refractivity contribution is 6.01. The number of fused-ring (bicyclic) bond motifs is 24. The molecule has 12 saturated carbocycles. The van der Waals surface area contributed by atoms with Crippen molar-refractivity contribution in [2.75, 3.05) is 47.0 Å². The second-order valence-corrected chi connectivity index (χ2v) is 41.3. The topological polar surface area (TPSA) is 267 Å². The van der Waals surface area contributed by atoms with Gasteiger partial charge in [-0.1, -0.05) is 252 Å². The van der Waals surface area contributed by atoms with E-state index < -0.39 is 75.5 Å². The Morgan fingerprint density at radius 3 is 1.02 bits per heavy atom. The van der Waals surface area contributed by atoms with Crippen LogP contribution < -0.4 is 0 Å². The number of ketones is 3. The quantitative estimate of drug-likeness (QED) is 0.129. The van der Waals surface area contributed by atoms with Crippen molar-refractivity contribution in [1.82, 2.24) is 0 Å². The fourth-order valence-electron chi connectivity index (χ4n) is 32.8. The molecule has 4 spiro atoms. The van der Waals surface area contributed by atoms with E-state index >= 15 is 0 Å². The Morgan fingerprint density at radius 1 is 0.410 bits per heavy atom. The molecule has 18 nitrogen and oxygen atoms in total. The van der Waals surface area contributed by atoms with Gasteiger partial charge in [-0.25, -0.2) is 0 Å². The molecule has 0 aromatic carbocycles. The van der Waals surface area contributed by atoms with Crippen LogP contribution in [0.15, 0.2) is 95.2 Å². The molecule has 694 valence electrons. The zero-order valence-electron chi connectivity index (χ0n) is 74.7. The van der Waals surface area contributed by atoms with Crippen molar-refractivity contribution in [3.63, 3.8) is 0 Å². The maximum Gasteiger partial charge on any atom is 0.226 e. The summed E-state index contributed by atoms with van der Waals surface area (Å²) in [5, 5.41) is 77.9. The third-order valence-corrected chi connectivity index (χ3v) is 37.1. The maximum atomic E-state index is 12.7. The van der Waals surface area contributed by atoms with E-state index in [4.69, 9.17) is 37.9 Å². The Balaban J connectivity index is 0.000000179. The van der Waals surface area contributed by atoms with E-state index in [0.29, 0.717) is 111 Å². The third kappa shape index (κ3) is 14.2. The van der Waals surface area contributed by atoms with E-state index in [1.54, 1.807) is 11.6 Å². The SMILES string of the molecule is C.C.C.C.C.CC.CC.CC.CCC(=O)[C@@]1(O)CC[C@H]2[C@@H]3C[C@H](C)C4=CCC=C[C@]4(C)[C@H]3[C@@H](O)C[C@@]21C.C[C@H]1C[C@@H]2[C@H]([C@@H](O)C[C@@]3(C)[C@H]2CC[C@@]32OCOC23COCO3)[C@@]2(C)C=CC(=O)C=C12.C[C@H]1C[C@@H]2[C@H]([C@@H](O)C[C@@]3(C)[C@H]2CC[C@@]32OCOC23COCO3)[C@@]2(C)C=CCC=C12.C[C@H]1C[C@@H]2[C@H]([C@@H](O)C[C@@]3(C)[C@H]2CC[C@]3(O)C(=O)CO)[C@@]2(C)C=CCC=C12. The lowest BCUT2D eigenvalue weighted by atomic mass is 9.44. The number of ether oxygens (including phenoxy) is 8. The predicted octanol–water partition coefficient (Wildman–Crippen LogP) is 19.7. The number of carbonyl (C=O) groups is 3. The van der Waals surface area contributed by atoms with Crippen LogP contribution in [0.5, 0.6) is 0 Å². The van der Waals surface area contributed by atoms with Crippen molar-refractivity contribution in [1.29, 1.82) is 0 Å². The van der Waals surface area contributed by atoms with Gasteiger partial charge in [0.2, 0.25) is 11.6 Å². The zero-order valence-corrected chi connectivity index (χ0v) is 74.7. The summed E-state index contributed by atoms with van der Waals surface area (Å²) in [4.78, 5) is 37.2. The van der Waals surface area contributed by atoms with Gasteiger partial charge >= 0.3 is 0 Å². The van der Waals surface area contributed by atoms with Gasteiger partial charge < -0.3 is 73.6 Å². The number of Topliss-reactive ketones (excluding diaryl/α,β-unsaturated/α-hetero) is 2. The molecule has 0 amide bonds. The van der Waals surface area contributed by atoms with Gasteiger partial charge in [-0.3, -0.25) is 14.4 Å². The van der Waals surface area contributed by atoms with Gasteiger partial charge in [0.25, 0.3) is 0 Å². The molecule has 20 aliphatic rings. The lowest BCUT2D eigenvalue weighted by molar-refractivity contribution is -0.257. The molecule has 4 heterocycles. The third-order valence-electron chi connectivity index (χ3n) is 37.1. The highest BCUT2D eigenvalue weighted by Gasteiger charge is 2.80. The van der Waals surface area contributed by atoms with Crippen molar-refractivity contribution < 1.29 is 88.0 Å². The van der Waals surface area contributed by atoms with Gasteiger partial charge in [-0.2, -0.15) is 0 Å². The average molecular weight is 1710 g/mol. The fraction of sp³-hybridized carbons (Fsp3) is 0.817. The number of aliphatic hydroxyl groups is 7. The summed E-state index contributed by atoms with van der Waals surface area (Å²) >= 11 is 0. The van der Waals surface area contributed by atoms with E-state index in [-0.39, 0.29) is 150 Å². The van der Waals surface area contributed by atoms with Crippen molar-refractivity contribution in [3.8, 4) is 0 Å². The van der Waals surface area contributed by atoms with Crippen molar-refractivity contribution in [2.24, 2.45) is 138 Å². The van der Waals surface area contributed by atoms with Crippen LogP contribution in [0.3, 0.4) is 0 Å². The number of allylic oxidation sites excluding steroid dienone is 16. The number of carbonyl (C=O) groups excluding carboxylic acids is 3. The maximum absolute atomic E-state index is 12.7. The van der Waals surface area contributed by atoms with Gasteiger partial charge in [0, 0.05) is 73.4 Å². The molecule has 34 atom stereocenters. The minimum Gasteiger partial charge on any atom is -0.393 e. The minimum absolute atomic E-state index is 0. The highest BCUT2D eigenvalue weighted by atomic mass is 16.9. The van der Waals surface area contributed by atoms with Crippen molar-refractivity contribution in [2.45, 2.75) is 355 Å².